The Morgan fingerprint density at radius 2 is 2.17 bits per heavy atom. The van der Waals surface area contributed by atoms with E-state index in [0.29, 0.717) is 6.61 Å². The molecule has 2 atom stereocenters. The Balaban J connectivity index is 1.79. The zero-order valence-electron chi connectivity index (χ0n) is 14.5. The van der Waals surface area contributed by atoms with Crippen molar-refractivity contribution in [1.29, 1.82) is 0 Å². The molecule has 0 amide bonds. The van der Waals surface area contributed by atoms with E-state index in [1.54, 1.807) is 20.4 Å². The van der Waals surface area contributed by atoms with Gasteiger partial charge in [-0.3, -0.25) is 4.90 Å². The molecule has 0 radical (unpaired) electrons. The molecule has 2 aromatic rings. The lowest BCUT2D eigenvalue weighted by molar-refractivity contribution is 0.107. The summed E-state index contributed by atoms with van der Waals surface area (Å²) in [6.07, 6.45) is 4.84. The number of ether oxygens (including phenoxy) is 3. The number of aromatic amines is 1. The van der Waals surface area contributed by atoms with E-state index in [1.165, 1.54) is 5.56 Å². The van der Waals surface area contributed by atoms with Crippen molar-refractivity contribution in [3.63, 3.8) is 0 Å². The highest BCUT2D eigenvalue weighted by Crippen LogP contribution is 2.34. The van der Waals surface area contributed by atoms with Gasteiger partial charge in [0.2, 0.25) is 0 Å². The van der Waals surface area contributed by atoms with Crippen molar-refractivity contribution < 1.29 is 14.2 Å². The maximum absolute atomic E-state index is 5.69. The molecule has 1 aliphatic rings. The molecule has 24 heavy (non-hydrogen) atoms. The SMILES string of the molecule is CCOc1cc(CN2C[C@H](OC)CC2c2ncc[nH]2)ccc1OC. The summed E-state index contributed by atoms with van der Waals surface area (Å²) in [6, 6.07) is 6.34. The van der Waals surface area contributed by atoms with Gasteiger partial charge >= 0.3 is 0 Å². The van der Waals surface area contributed by atoms with Gasteiger partial charge in [-0.2, -0.15) is 0 Å². The second-order valence-electron chi connectivity index (χ2n) is 5.93. The van der Waals surface area contributed by atoms with Gasteiger partial charge in [0.1, 0.15) is 5.82 Å². The number of nitrogens with one attached hydrogen (secondary N) is 1. The molecule has 0 saturated carbocycles. The highest BCUT2D eigenvalue weighted by molar-refractivity contribution is 5.43. The molecule has 6 heteroatoms. The number of hydrogen-bond acceptors (Lipinski definition) is 5. The number of benzene rings is 1. The highest BCUT2D eigenvalue weighted by Gasteiger charge is 2.34. The van der Waals surface area contributed by atoms with Gasteiger partial charge in [0, 0.05) is 32.6 Å². The second kappa shape index (κ2) is 7.68. The Bertz CT molecular complexity index is 645. The van der Waals surface area contributed by atoms with Crippen LogP contribution in [-0.2, 0) is 11.3 Å². The van der Waals surface area contributed by atoms with Gasteiger partial charge in [0.15, 0.2) is 11.5 Å². The van der Waals surface area contributed by atoms with Crippen LogP contribution < -0.4 is 9.47 Å². The van der Waals surface area contributed by atoms with Gasteiger partial charge in [0.25, 0.3) is 0 Å². The van der Waals surface area contributed by atoms with Crippen LogP contribution in [0.1, 0.15) is 30.8 Å². The fraction of sp³-hybridized carbons (Fsp3) is 0.500. The molecule has 0 aliphatic carbocycles. The van der Waals surface area contributed by atoms with Crippen LogP contribution in [0, 0.1) is 0 Å². The van der Waals surface area contributed by atoms with Gasteiger partial charge in [0.05, 0.1) is 25.9 Å². The molecule has 1 fully saturated rings. The van der Waals surface area contributed by atoms with Crippen molar-refractivity contribution in [2.45, 2.75) is 32.0 Å². The van der Waals surface area contributed by atoms with Crippen molar-refractivity contribution in [2.75, 3.05) is 27.4 Å². The average molecular weight is 331 g/mol. The summed E-state index contributed by atoms with van der Waals surface area (Å²) < 4.78 is 16.6. The van der Waals surface area contributed by atoms with Gasteiger partial charge in [-0.25, -0.2) is 4.98 Å². The van der Waals surface area contributed by atoms with E-state index in [9.17, 15) is 0 Å². The molecule has 1 aromatic carbocycles. The van der Waals surface area contributed by atoms with Crippen molar-refractivity contribution in [1.82, 2.24) is 14.9 Å². The summed E-state index contributed by atoms with van der Waals surface area (Å²) in [5, 5.41) is 0. The molecule has 1 N–H and O–H groups in total. The topological polar surface area (TPSA) is 59.6 Å². The van der Waals surface area contributed by atoms with Crippen LogP contribution in [0.2, 0.25) is 0 Å². The number of H-pyrrole nitrogens is 1. The van der Waals surface area contributed by atoms with Crippen LogP contribution in [0.15, 0.2) is 30.6 Å². The van der Waals surface area contributed by atoms with E-state index < -0.39 is 0 Å². The Morgan fingerprint density at radius 1 is 1.29 bits per heavy atom. The van der Waals surface area contributed by atoms with Crippen LogP contribution in [0.5, 0.6) is 11.5 Å². The van der Waals surface area contributed by atoms with Gasteiger partial charge in [-0.15, -0.1) is 0 Å². The maximum atomic E-state index is 5.69. The second-order valence-corrected chi connectivity index (χ2v) is 5.93. The fourth-order valence-electron chi connectivity index (χ4n) is 3.27. The fourth-order valence-corrected chi connectivity index (χ4v) is 3.27. The maximum Gasteiger partial charge on any atom is 0.161 e. The summed E-state index contributed by atoms with van der Waals surface area (Å²) in [5.41, 5.74) is 1.19. The first-order valence-electron chi connectivity index (χ1n) is 8.31. The van der Waals surface area contributed by atoms with E-state index in [2.05, 4.69) is 27.0 Å². The van der Waals surface area contributed by atoms with E-state index in [4.69, 9.17) is 14.2 Å². The lowest BCUT2D eigenvalue weighted by Crippen LogP contribution is -2.25. The summed E-state index contributed by atoms with van der Waals surface area (Å²) >= 11 is 0. The van der Waals surface area contributed by atoms with Crippen LogP contribution >= 0.6 is 0 Å². The normalized spacial score (nSPS) is 21.1. The number of methoxy groups -OCH3 is 2. The molecular weight excluding hydrogens is 306 g/mol. The average Bonchev–Trinajstić information content (AvgIpc) is 3.24. The third-order valence-corrected chi connectivity index (χ3v) is 4.45. The number of hydrogen-bond donors (Lipinski definition) is 1. The van der Waals surface area contributed by atoms with Crippen LogP contribution in [0.3, 0.4) is 0 Å². The third kappa shape index (κ3) is 3.55. The molecule has 0 spiro atoms. The standard InChI is InChI=1S/C18H25N3O3/c1-4-24-17-9-13(5-6-16(17)23-3)11-21-12-14(22-2)10-15(21)18-19-7-8-20-18/h5-9,14-15H,4,10-12H2,1-3H3,(H,19,20)/t14-,15?/m1/s1. The number of imidazole rings is 1. The van der Waals surface area contributed by atoms with E-state index in [-0.39, 0.29) is 12.1 Å². The lowest BCUT2D eigenvalue weighted by Gasteiger charge is -2.23. The molecule has 1 unspecified atom stereocenters. The third-order valence-electron chi connectivity index (χ3n) is 4.45. The molecule has 6 nitrogen and oxygen atoms in total. The van der Waals surface area contributed by atoms with Gasteiger partial charge < -0.3 is 19.2 Å². The van der Waals surface area contributed by atoms with E-state index in [0.717, 1.165) is 36.8 Å². The number of likely N-dealkylation sites (tertiary alicyclic amines) is 1. The van der Waals surface area contributed by atoms with Crippen LogP contribution in [0.4, 0.5) is 0 Å². The zero-order chi connectivity index (χ0) is 16.9. The molecule has 2 heterocycles. The van der Waals surface area contributed by atoms with Gasteiger partial charge in [-0.1, -0.05) is 6.07 Å². The zero-order valence-corrected chi connectivity index (χ0v) is 14.5. The van der Waals surface area contributed by atoms with E-state index >= 15 is 0 Å². The number of rotatable bonds is 7. The molecule has 1 saturated heterocycles. The minimum Gasteiger partial charge on any atom is -0.493 e. The van der Waals surface area contributed by atoms with Crippen molar-refractivity contribution in [2.24, 2.45) is 0 Å². The van der Waals surface area contributed by atoms with Gasteiger partial charge in [-0.05, 0) is 31.0 Å². The largest absolute Gasteiger partial charge is 0.493 e. The first-order valence-corrected chi connectivity index (χ1v) is 8.31. The minimum absolute atomic E-state index is 0.227. The van der Waals surface area contributed by atoms with Crippen molar-refractivity contribution in [3.05, 3.63) is 42.0 Å². The minimum atomic E-state index is 0.227. The highest BCUT2D eigenvalue weighted by atomic mass is 16.5. The number of aromatic nitrogens is 2. The molecule has 3 rings (SSSR count). The summed E-state index contributed by atoms with van der Waals surface area (Å²) in [6.45, 7) is 4.29. The Hall–Kier alpha value is -2.05. The predicted octanol–water partition coefficient (Wildman–Crippen LogP) is 2.78. The Morgan fingerprint density at radius 3 is 2.83 bits per heavy atom. The first kappa shape index (κ1) is 16.8. The smallest absolute Gasteiger partial charge is 0.161 e. The van der Waals surface area contributed by atoms with Crippen molar-refractivity contribution >= 4 is 0 Å². The quantitative estimate of drug-likeness (QED) is 0.845. The predicted molar refractivity (Wildman–Crippen MR) is 91.3 cm³/mol. The lowest BCUT2D eigenvalue weighted by atomic mass is 10.1. The van der Waals surface area contributed by atoms with Crippen LogP contribution in [-0.4, -0.2) is 48.3 Å². The molecule has 0 bridgehead atoms. The number of nitrogens with zero attached hydrogens (tertiary/aromatic N) is 2. The van der Waals surface area contributed by atoms with E-state index in [1.807, 2.05) is 19.2 Å². The Labute approximate surface area is 142 Å². The molecule has 1 aliphatic heterocycles. The summed E-state index contributed by atoms with van der Waals surface area (Å²) in [7, 11) is 3.43. The summed E-state index contributed by atoms with van der Waals surface area (Å²) in [4.78, 5) is 10.1. The van der Waals surface area contributed by atoms with Crippen molar-refractivity contribution in [3.8, 4) is 11.5 Å². The first-order chi connectivity index (χ1) is 11.7. The summed E-state index contributed by atoms with van der Waals surface area (Å²) in [5.74, 6) is 2.54. The molecule has 1 aromatic heterocycles. The van der Waals surface area contributed by atoms with Crippen LogP contribution in [0.25, 0.3) is 0 Å². The Kier molecular flexibility index (Phi) is 5.37. The molecular formula is C18H25N3O3. The monoisotopic (exact) mass is 331 g/mol. The molecule has 130 valence electrons.